The molecule has 0 bridgehead atoms. The van der Waals surface area contributed by atoms with Crippen molar-refractivity contribution in [3.05, 3.63) is 17.7 Å². The summed E-state index contributed by atoms with van der Waals surface area (Å²) in [4.78, 5) is 6.79. The van der Waals surface area contributed by atoms with Gasteiger partial charge in [-0.25, -0.2) is 0 Å². The number of nitrogens with zero attached hydrogens (tertiary/aromatic N) is 2. The highest BCUT2D eigenvalue weighted by Crippen LogP contribution is 2.46. The third kappa shape index (κ3) is 3.55. The zero-order valence-electron chi connectivity index (χ0n) is 17.4. The lowest BCUT2D eigenvalue weighted by atomic mass is 9.65. The fourth-order valence-electron chi connectivity index (χ4n) is 3.32. The Morgan fingerprint density at radius 1 is 1.08 bits per heavy atom. The van der Waals surface area contributed by atoms with Gasteiger partial charge in [-0.3, -0.25) is 4.99 Å². The van der Waals surface area contributed by atoms with Crippen LogP contribution in [0.25, 0.3) is 0 Å². The van der Waals surface area contributed by atoms with E-state index in [4.69, 9.17) is 14.2 Å². The van der Waals surface area contributed by atoms with E-state index in [-0.39, 0.29) is 11.0 Å². The van der Waals surface area contributed by atoms with E-state index in [9.17, 15) is 0 Å². The first-order valence-corrected chi connectivity index (χ1v) is 8.99. The Bertz CT molecular complexity index is 643. The highest BCUT2D eigenvalue weighted by atomic mass is 16.5. The van der Waals surface area contributed by atoms with Crippen molar-refractivity contribution in [2.75, 3.05) is 41.5 Å². The predicted octanol–water partition coefficient (Wildman–Crippen LogP) is 2.95. The van der Waals surface area contributed by atoms with Crippen molar-refractivity contribution in [1.82, 2.24) is 10.2 Å². The van der Waals surface area contributed by atoms with E-state index in [2.05, 4.69) is 42.9 Å². The first-order chi connectivity index (χ1) is 12.2. The second-order valence-electron chi connectivity index (χ2n) is 7.76. The molecule has 1 saturated heterocycles. The molecule has 0 spiro atoms. The molecular formula is C20H33N3O3. The van der Waals surface area contributed by atoms with Crippen LogP contribution in [0.2, 0.25) is 0 Å². The molecule has 1 aliphatic heterocycles. The molecule has 146 valence electrons. The molecule has 0 aromatic heterocycles. The SMILES string of the molecule is CN=C(NCCc1c(OC)cc(OC)cc1OC)N1CC(C)(C)C1(C)C. The summed E-state index contributed by atoms with van der Waals surface area (Å²) in [5, 5.41) is 3.48. The van der Waals surface area contributed by atoms with Gasteiger partial charge in [0.1, 0.15) is 17.2 Å². The molecule has 0 atom stereocenters. The van der Waals surface area contributed by atoms with Crippen LogP contribution >= 0.6 is 0 Å². The highest BCUT2D eigenvalue weighted by Gasteiger charge is 2.53. The average molecular weight is 364 g/mol. The van der Waals surface area contributed by atoms with Crippen molar-refractivity contribution in [3.8, 4) is 17.2 Å². The lowest BCUT2D eigenvalue weighted by Gasteiger charge is -2.62. The lowest BCUT2D eigenvalue weighted by molar-refractivity contribution is -0.0666. The Morgan fingerprint density at radius 2 is 1.65 bits per heavy atom. The number of ether oxygens (including phenoxy) is 3. The fourth-order valence-corrected chi connectivity index (χ4v) is 3.32. The van der Waals surface area contributed by atoms with Crippen molar-refractivity contribution in [2.45, 2.75) is 39.7 Å². The Kier molecular flexibility index (Phi) is 5.94. The number of likely N-dealkylation sites (tertiary alicyclic amines) is 1. The fraction of sp³-hybridized carbons (Fsp3) is 0.650. The minimum absolute atomic E-state index is 0.0737. The molecule has 26 heavy (non-hydrogen) atoms. The van der Waals surface area contributed by atoms with Gasteiger partial charge >= 0.3 is 0 Å². The monoisotopic (exact) mass is 363 g/mol. The molecule has 1 aliphatic rings. The molecule has 0 saturated carbocycles. The van der Waals surface area contributed by atoms with Crippen LogP contribution in [0.5, 0.6) is 17.2 Å². The van der Waals surface area contributed by atoms with Crippen LogP contribution in [0.15, 0.2) is 17.1 Å². The zero-order valence-corrected chi connectivity index (χ0v) is 17.4. The zero-order chi connectivity index (χ0) is 19.5. The van der Waals surface area contributed by atoms with E-state index >= 15 is 0 Å². The quantitative estimate of drug-likeness (QED) is 0.622. The normalized spacial score (nSPS) is 18.2. The number of benzene rings is 1. The average Bonchev–Trinajstić information content (AvgIpc) is 2.63. The van der Waals surface area contributed by atoms with E-state index in [1.54, 1.807) is 21.3 Å². The van der Waals surface area contributed by atoms with Crippen molar-refractivity contribution >= 4 is 5.96 Å². The Balaban J connectivity index is 2.08. The summed E-state index contributed by atoms with van der Waals surface area (Å²) in [6, 6.07) is 3.77. The number of hydrogen-bond donors (Lipinski definition) is 1. The summed E-state index contributed by atoms with van der Waals surface area (Å²) in [6.45, 7) is 10.8. The van der Waals surface area contributed by atoms with Gasteiger partial charge in [-0.05, 0) is 20.3 Å². The standard InChI is InChI=1S/C20H33N3O3/c1-19(2)13-23(20(19,3)4)18(21-5)22-10-9-15-16(25-7)11-14(24-6)12-17(15)26-8/h11-12H,9-10,13H2,1-8H3,(H,21,22). The van der Waals surface area contributed by atoms with Gasteiger partial charge in [-0.15, -0.1) is 0 Å². The summed E-state index contributed by atoms with van der Waals surface area (Å²) < 4.78 is 16.4. The van der Waals surface area contributed by atoms with Gasteiger partial charge in [0.15, 0.2) is 5.96 Å². The second kappa shape index (κ2) is 7.64. The summed E-state index contributed by atoms with van der Waals surface area (Å²) in [5.41, 5.74) is 1.36. The van der Waals surface area contributed by atoms with Crippen LogP contribution in [0.3, 0.4) is 0 Å². The van der Waals surface area contributed by atoms with E-state index in [0.29, 0.717) is 0 Å². The summed E-state index contributed by atoms with van der Waals surface area (Å²) in [5.74, 6) is 3.18. The minimum atomic E-state index is 0.0737. The third-order valence-corrected chi connectivity index (χ3v) is 5.83. The van der Waals surface area contributed by atoms with Gasteiger partial charge in [0.05, 0.1) is 21.3 Å². The number of rotatable bonds is 6. The first-order valence-electron chi connectivity index (χ1n) is 8.99. The van der Waals surface area contributed by atoms with Crippen LogP contribution in [0.4, 0.5) is 0 Å². The van der Waals surface area contributed by atoms with Crippen LogP contribution in [0, 0.1) is 5.41 Å². The molecular weight excluding hydrogens is 330 g/mol. The molecule has 0 unspecified atom stereocenters. The Hall–Kier alpha value is -2.11. The summed E-state index contributed by atoms with van der Waals surface area (Å²) >= 11 is 0. The number of nitrogens with one attached hydrogen (secondary N) is 1. The number of aliphatic imine (C=N–C) groups is 1. The molecule has 1 heterocycles. The molecule has 1 aromatic carbocycles. The molecule has 1 N–H and O–H groups in total. The van der Waals surface area contributed by atoms with E-state index in [1.807, 2.05) is 19.2 Å². The second-order valence-corrected chi connectivity index (χ2v) is 7.76. The van der Waals surface area contributed by atoms with Gasteiger partial charge < -0.3 is 24.4 Å². The van der Waals surface area contributed by atoms with E-state index in [1.165, 1.54) is 0 Å². The van der Waals surface area contributed by atoms with Crippen LogP contribution in [-0.4, -0.2) is 57.9 Å². The van der Waals surface area contributed by atoms with Gasteiger partial charge in [-0.2, -0.15) is 0 Å². The largest absolute Gasteiger partial charge is 0.496 e. The molecule has 1 fully saturated rings. The number of guanidine groups is 1. The Labute approximate surface area is 157 Å². The smallest absolute Gasteiger partial charge is 0.194 e. The lowest BCUT2D eigenvalue weighted by Crippen LogP contribution is -2.72. The van der Waals surface area contributed by atoms with E-state index in [0.717, 1.165) is 48.3 Å². The molecule has 1 aromatic rings. The first kappa shape index (κ1) is 20.2. The van der Waals surface area contributed by atoms with Crippen molar-refractivity contribution in [2.24, 2.45) is 10.4 Å². The predicted molar refractivity (Wildman–Crippen MR) is 106 cm³/mol. The molecule has 0 amide bonds. The maximum absolute atomic E-state index is 5.53. The molecule has 0 radical (unpaired) electrons. The van der Waals surface area contributed by atoms with Gasteiger partial charge in [0, 0.05) is 48.8 Å². The molecule has 2 rings (SSSR count). The third-order valence-electron chi connectivity index (χ3n) is 5.83. The molecule has 6 nitrogen and oxygen atoms in total. The van der Waals surface area contributed by atoms with Crippen LogP contribution < -0.4 is 19.5 Å². The van der Waals surface area contributed by atoms with Crippen LogP contribution in [0.1, 0.15) is 33.3 Å². The number of methoxy groups -OCH3 is 3. The van der Waals surface area contributed by atoms with Crippen LogP contribution in [-0.2, 0) is 6.42 Å². The summed E-state index contributed by atoms with van der Waals surface area (Å²) in [6.07, 6.45) is 0.757. The highest BCUT2D eigenvalue weighted by molar-refractivity contribution is 5.82. The maximum atomic E-state index is 5.53. The minimum Gasteiger partial charge on any atom is -0.496 e. The topological polar surface area (TPSA) is 55.3 Å². The molecule has 0 aliphatic carbocycles. The van der Waals surface area contributed by atoms with Gasteiger partial charge in [0.2, 0.25) is 0 Å². The van der Waals surface area contributed by atoms with E-state index < -0.39 is 0 Å². The van der Waals surface area contributed by atoms with Crippen molar-refractivity contribution in [3.63, 3.8) is 0 Å². The Morgan fingerprint density at radius 3 is 2.04 bits per heavy atom. The van der Waals surface area contributed by atoms with Gasteiger partial charge in [-0.1, -0.05) is 13.8 Å². The van der Waals surface area contributed by atoms with Crippen molar-refractivity contribution < 1.29 is 14.2 Å². The molecule has 6 heteroatoms. The maximum Gasteiger partial charge on any atom is 0.194 e. The number of hydrogen-bond acceptors (Lipinski definition) is 4. The van der Waals surface area contributed by atoms with Crippen molar-refractivity contribution in [1.29, 1.82) is 0 Å². The summed E-state index contributed by atoms with van der Waals surface area (Å²) in [7, 11) is 6.79. The van der Waals surface area contributed by atoms with Gasteiger partial charge in [0.25, 0.3) is 0 Å².